The highest BCUT2D eigenvalue weighted by Gasteiger charge is 2.26. The van der Waals surface area contributed by atoms with E-state index in [1.807, 2.05) is 13.0 Å². The first-order chi connectivity index (χ1) is 8.63. The second-order valence-corrected chi connectivity index (χ2v) is 5.44. The third-order valence-electron chi connectivity index (χ3n) is 3.74. The van der Waals surface area contributed by atoms with Crippen molar-refractivity contribution < 1.29 is 4.74 Å². The van der Waals surface area contributed by atoms with Crippen LogP contribution in [0.5, 0.6) is 5.75 Å². The summed E-state index contributed by atoms with van der Waals surface area (Å²) in [6, 6.07) is 2.04. The summed E-state index contributed by atoms with van der Waals surface area (Å²) in [5.41, 5.74) is 2.42. The fourth-order valence-corrected chi connectivity index (χ4v) is 2.36. The van der Waals surface area contributed by atoms with E-state index >= 15 is 0 Å². The zero-order valence-electron chi connectivity index (χ0n) is 11.5. The van der Waals surface area contributed by atoms with Gasteiger partial charge in [0.1, 0.15) is 0 Å². The molecule has 4 nitrogen and oxygen atoms in total. The molecule has 0 saturated carbocycles. The maximum atomic E-state index is 5.34. The summed E-state index contributed by atoms with van der Waals surface area (Å²) in [5, 5.41) is 6.93. The quantitative estimate of drug-likeness (QED) is 0.859. The van der Waals surface area contributed by atoms with Gasteiger partial charge in [-0.1, -0.05) is 6.92 Å². The Balaban J connectivity index is 2.02. The van der Waals surface area contributed by atoms with Crippen molar-refractivity contribution in [3.8, 4) is 5.75 Å². The largest absolute Gasteiger partial charge is 0.493 e. The number of pyridine rings is 1. The summed E-state index contributed by atoms with van der Waals surface area (Å²) in [5.74, 6) is 0.818. The number of aromatic nitrogens is 1. The molecule has 2 rings (SSSR count). The Morgan fingerprint density at radius 3 is 2.83 bits per heavy atom. The number of nitrogens with one attached hydrogen (secondary N) is 2. The minimum absolute atomic E-state index is 0.368. The van der Waals surface area contributed by atoms with Crippen LogP contribution in [-0.4, -0.2) is 31.7 Å². The number of hydrogen-bond donors (Lipinski definition) is 2. The van der Waals surface area contributed by atoms with Crippen molar-refractivity contribution in [3.05, 3.63) is 18.0 Å². The second kappa shape index (κ2) is 5.57. The molecule has 2 N–H and O–H groups in total. The molecule has 2 heterocycles. The van der Waals surface area contributed by atoms with Gasteiger partial charge in [-0.3, -0.25) is 4.98 Å². The van der Waals surface area contributed by atoms with Crippen molar-refractivity contribution in [3.63, 3.8) is 0 Å². The van der Waals surface area contributed by atoms with Gasteiger partial charge in [0.15, 0.2) is 5.75 Å². The molecule has 100 valence electrons. The van der Waals surface area contributed by atoms with Gasteiger partial charge < -0.3 is 15.4 Å². The van der Waals surface area contributed by atoms with E-state index in [4.69, 9.17) is 4.74 Å². The first-order valence-electron chi connectivity index (χ1n) is 6.58. The van der Waals surface area contributed by atoms with Gasteiger partial charge in [-0.25, -0.2) is 0 Å². The monoisotopic (exact) mass is 249 g/mol. The summed E-state index contributed by atoms with van der Waals surface area (Å²) in [6.45, 7) is 7.56. The van der Waals surface area contributed by atoms with Crippen molar-refractivity contribution in [2.75, 3.05) is 32.1 Å². The number of aryl methyl sites for hydroxylation is 1. The average molecular weight is 249 g/mol. The van der Waals surface area contributed by atoms with E-state index in [0.29, 0.717) is 5.41 Å². The van der Waals surface area contributed by atoms with Gasteiger partial charge in [0.05, 0.1) is 19.0 Å². The molecule has 1 aliphatic heterocycles. The molecule has 1 saturated heterocycles. The molecule has 0 atom stereocenters. The molecule has 0 spiro atoms. The molecule has 0 aliphatic carbocycles. The van der Waals surface area contributed by atoms with E-state index in [2.05, 4.69) is 22.5 Å². The number of methoxy groups -OCH3 is 1. The van der Waals surface area contributed by atoms with E-state index in [-0.39, 0.29) is 0 Å². The molecule has 1 fully saturated rings. The third kappa shape index (κ3) is 3.13. The van der Waals surface area contributed by atoms with Crippen molar-refractivity contribution in [2.24, 2.45) is 5.41 Å². The van der Waals surface area contributed by atoms with Crippen LogP contribution in [-0.2, 0) is 0 Å². The fraction of sp³-hybridized carbons (Fsp3) is 0.643. The summed E-state index contributed by atoms with van der Waals surface area (Å²) < 4.78 is 5.34. The number of ether oxygens (including phenoxy) is 1. The Morgan fingerprint density at radius 1 is 1.44 bits per heavy atom. The molecule has 0 amide bonds. The lowest BCUT2D eigenvalue weighted by atomic mass is 9.81. The predicted octanol–water partition coefficient (Wildman–Crippen LogP) is 2.20. The Kier molecular flexibility index (Phi) is 4.07. The Labute approximate surface area is 109 Å². The van der Waals surface area contributed by atoms with Crippen LogP contribution in [0.1, 0.15) is 25.5 Å². The number of rotatable bonds is 4. The Morgan fingerprint density at radius 2 is 2.17 bits per heavy atom. The topological polar surface area (TPSA) is 46.2 Å². The smallest absolute Gasteiger partial charge is 0.160 e. The Bertz CT molecular complexity index is 400. The predicted molar refractivity (Wildman–Crippen MR) is 74.2 cm³/mol. The van der Waals surface area contributed by atoms with E-state index in [1.54, 1.807) is 13.3 Å². The van der Waals surface area contributed by atoms with Gasteiger partial charge in [0.25, 0.3) is 0 Å². The lowest BCUT2D eigenvalue weighted by Gasteiger charge is -2.34. The summed E-state index contributed by atoms with van der Waals surface area (Å²) in [4.78, 5) is 4.25. The van der Waals surface area contributed by atoms with Gasteiger partial charge >= 0.3 is 0 Å². The zero-order chi connectivity index (χ0) is 13.0. The van der Waals surface area contributed by atoms with Crippen LogP contribution in [0.4, 0.5) is 5.69 Å². The lowest BCUT2D eigenvalue weighted by molar-refractivity contribution is 0.247. The maximum Gasteiger partial charge on any atom is 0.160 e. The van der Waals surface area contributed by atoms with Crippen LogP contribution in [0.3, 0.4) is 0 Å². The van der Waals surface area contributed by atoms with E-state index < -0.39 is 0 Å². The molecular formula is C14H23N3O. The average Bonchev–Trinajstić information content (AvgIpc) is 2.38. The summed E-state index contributed by atoms with van der Waals surface area (Å²) >= 11 is 0. The minimum Gasteiger partial charge on any atom is -0.493 e. The van der Waals surface area contributed by atoms with E-state index in [1.165, 1.54) is 12.8 Å². The molecule has 0 bridgehead atoms. The van der Waals surface area contributed by atoms with Crippen LogP contribution >= 0.6 is 0 Å². The van der Waals surface area contributed by atoms with Gasteiger partial charge in [0.2, 0.25) is 0 Å². The standard InChI is InChI=1S/C14H23N3O/c1-11-8-12(13(18-3)9-16-11)17-10-14(2)4-6-15-7-5-14/h8-9,15H,4-7,10H2,1-3H3,(H,16,17). The summed E-state index contributed by atoms with van der Waals surface area (Å²) in [6.07, 6.45) is 4.21. The summed E-state index contributed by atoms with van der Waals surface area (Å²) in [7, 11) is 1.68. The minimum atomic E-state index is 0.368. The van der Waals surface area contributed by atoms with Crippen LogP contribution in [0, 0.1) is 12.3 Å². The highest BCUT2D eigenvalue weighted by Crippen LogP contribution is 2.30. The first-order valence-corrected chi connectivity index (χ1v) is 6.58. The van der Waals surface area contributed by atoms with Crippen LogP contribution in [0.2, 0.25) is 0 Å². The fourth-order valence-electron chi connectivity index (χ4n) is 2.36. The number of hydrogen-bond acceptors (Lipinski definition) is 4. The van der Waals surface area contributed by atoms with Crippen molar-refractivity contribution in [1.29, 1.82) is 0 Å². The molecule has 1 aromatic rings. The van der Waals surface area contributed by atoms with Crippen LogP contribution in [0.15, 0.2) is 12.3 Å². The van der Waals surface area contributed by atoms with Gasteiger partial charge in [0, 0.05) is 12.2 Å². The molecule has 0 aromatic carbocycles. The van der Waals surface area contributed by atoms with Crippen molar-refractivity contribution in [1.82, 2.24) is 10.3 Å². The molecule has 1 aliphatic rings. The molecule has 1 aromatic heterocycles. The highest BCUT2D eigenvalue weighted by atomic mass is 16.5. The zero-order valence-corrected chi connectivity index (χ0v) is 11.5. The highest BCUT2D eigenvalue weighted by molar-refractivity contribution is 5.56. The molecule has 0 radical (unpaired) electrons. The van der Waals surface area contributed by atoms with Crippen LogP contribution < -0.4 is 15.4 Å². The molecule has 0 unspecified atom stereocenters. The third-order valence-corrected chi connectivity index (χ3v) is 3.74. The maximum absolute atomic E-state index is 5.34. The van der Waals surface area contributed by atoms with Gasteiger partial charge in [-0.05, 0) is 44.3 Å². The number of piperidine rings is 1. The molecular weight excluding hydrogens is 226 g/mol. The first kappa shape index (κ1) is 13.1. The van der Waals surface area contributed by atoms with Gasteiger partial charge in [-0.2, -0.15) is 0 Å². The number of nitrogens with zero attached hydrogens (tertiary/aromatic N) is 1. The normalized spacial score (nSPS) is 18.4. The van der Waals surface area contributed by atoms with E-state index in [9.17, 15) is 0 Å². The molecule has 18 heavy (non-hydrogen) atoms. The second-order valence-electron chi connectivity index (χ2n) is 5.44. The van der Waals surface area contributed by atoms with Crippen molar-refractivity contribution >= 4 is 5.69 Å². The SMILES string of the molecule is COc1cnc(C)cc1NCC1(C)CCNCC1. The lowest BCUT2D eigenvalue weighted by Crippen LogP contribution is -2.39. The van der Waals surface area contributed by atoms with E-state index in [0.717, 1.165) is 36.8 Å². The van der Waals surface area contributed by atoms with Crippen LogP contribution in [0.25, 0.3) is 0 Å². The number of anilines is 1. The van der Waals surface area contributed by atoms with Gasteiger partial charge in [-0.15, -0.1) is 0 Å². The van der Waals surface area contributed by atoms with Crippen molar-refractivity contribution in [2.45, 2.75) is 26.7 Å². The Hall–Kier alpha value is -1.29. The molecule has 4 heteroatoms.